The van der Waals surface area contributed by atoms with Crippen molar-refractivity contribution in [2.45, 2.75) is 24.7 Å². The molecule has 0 aliphatic carbocycles. The van der Waals surface area contributed by atoms with E-state index in [0.29, 0.717) is 6.42 Å². The molecule has 0 aromatic carbocycles. The van der Waals surface area contributed by atoms with Gasteiger partial charge in [-0.1, -0.05) is 12.8 Å². The molecule has 0 bridgehead atoms. The molecule has 0 aliphatic rings. The Labute approximate surface area is 115 Å². The molecule has 1 radical (unpaired) electrons. The molecule has 0 aromatic heterocycles. The molecule has 0 heterocycles. The van der Waals surface area contributed by atoms with Gasteiger partial charge in [-0.15, -0.1) is 0 Å². The van der Waals surface area contributed by atoms with Crippen molar-refractivity contribution in [3.8, 4) is 0 Å². The van der Waals surface area contributed by atoms with Crippen LogP contribution >= 0.6 is 0 Å². The Morgan fingerprint density at radius 2 is 2.00 bits per heavy atom. The van der Waals surface area contributed by atoms with Gasteiger partial charge >= 0.3 is 7.12 Å². The first-order valence-corrected chi connectivity index (χ1v) is 4.32. The van der Waals surface area contributed by atoms with E-state index in [0.717, 1.165) is 0 Å². The minimum absolute atomic E-state index is 0. The van der Waals surface area contributed by atoms with Crippen molar-refractivity contribution >= 4 is 13.1 Å². The van der Waals surface area contributed by atoms with Crippen molar-refractivity contribution in [2.75, 3.05) is 0 Å². The Kier molecular flexibility index (Phi) is 9.23. The van der Waals surface area contributed by atoms with Gasteiger partial charge < -0.3 is 34.7 Å². The Morgan fingerprint density at radius 1 is 1.53 bits per heavy atom. The van der Waals surface area contributed by atoms with E-state index in [4.69, 9.17) is 20.9 Å². The zero-order valence-corrected chi connectivity index (χ0v) is 11.4. The van der Waals surface area contributed by atoms with Crippen LogP contribution in [0.3, 0.4) is 0 Å². The minimum atomic E-state index is -1.55. The number of rotatable bonds is 6. The monoisotopic (exact) mass is 290 g/mol. The average molecular weight is 290 g/mol. The number of carboxylic acids is 1. The van der Waals surface area contributed by atoms with Crippen LogP contribution in [0, 0.1) is 19.8 Å². The van der Waals surface area contributed by atoms with Crippen molar-refractivity contribution in [3.05, 3.63) is 13.8 Å². The van der Waals surface area contributed by atoms with Crippen molar-refractivity contribution in [2.24, 2.45) is 11.7 Å². The molecular weight excluding hydrogens is 274 g/mol. The molecule has 85 valence electrons. The van der Waals surface area contributed by atoms with Crippen molar-refractivity contribution in [1.29, 1.82) is 0 Å². The van der Waals surface area contributed by atoms with Crippen LogP contribution in [0.1, 0.15) is 12.8 Å². The molecule has 0 saturated carbocycles. The minimum Gasteiger partial charge on any atom is -0.482 e. The van der Waals surface area contributed by atoms with Gasteiger partial charge in [-0.25, -0.2) is 0 Å². The first-order valence-electron chi connectivity index (χ1n) is 4.32. The van der Waals surface area contributed by atoms with Crippen molar-refractivity contribution < 1.29 is 52.7 Å². The maximum Gasteiger partial charge on any atom is 0.451 e. The van der Waals surface area contributed by atoms with Gasteiger partial charge in [0.25, 0.3) is 5.97 Å². The molecule has 5 nitrogen and oxygen atoms in total. The van der Waals surface area contributed by atoms with Crippen LogP contribution in [-0.2, 0) is 37.5 Å². The largest absolute Gasteiger partial charge is 0.482 e. The van der Waals surface area contributed by atoms with Crippen molar-refractivity contribution in [1.82, 2.24) is 0 Å². The first kappa shape index (κ1) is 17.9. The Balaban J connectivity index is 0. The van der Waals surface area contributed by atoms with Gasteiger partial charge in [-0.3, -0.25) is 4.79 Å². The quantitative estimate of drug-likeness (QED) is 0.383. The molecule has 0 aromatic rings. The first-order chi connectivity index (χ1) is 6.25. The van der Waals surface area contributed by atoms with Crippen LogP contribution in [0.15, 0.2) is 0 Å². The molecule has 0 amide bonds. The van der Waals surface area contributed by atoms with Crippen LogP contribution in [0.2, 0.25) is 6.32 Å². The van der Waals surface area contributed by atoms with Crippen LogP contribution in [-0.4, -0.2) is 33.8 Å². The third-order valence-electron chi connectivity index (χ3n) is 1.91. The molecule has 0 saturated heterocycles. The van der Waals surface area contributed by atoms with Gasteiger partial charge in [-0.05, 0) is 11.9 Å². The summed E-state index contributed by atoms with van der Waals surface area (Å²) >= 11 is 0. The predicted molar refractivity (Wildman–Crippen MR) is 53.0 cm³/mol. The van der Waals surface area contributed by atoms with E-state index in [1.54, 1.807) is 0 Å². The molecule has 2 unspecified atom stereocenters. The number of carbonyl (C=O) groups is 1. The third kappa shape index (κ3) is 8.34. The van der Waals surface area contributed by atoms with Gasteiger partial charge in [0.05, 0.1) is 0 Å². The zero-order valence-electron chi connectivity index (χ0n) is 8.59. The number of hydrogen-bond donors (Lipinski definition) is 4. The molecule has 0 aliphatic heterocycles. The van der Waals surface area contributed by atoms with E-state index in [1.807, 2.05) is 0 Å². The van der Waals surface area contributed by atoms with Crippen LogP contribution in [0.25, 0.3) is 0 Å². The summed E-state index contributed by atoms with van der Waals surface area (Å²) < 4.78 is 0. The maximum absolute atomic E-state index is 10.6. The van der Waals surface area contributed by atoms with E-state index in [-0.39, 0.29) is 51.4 Å². The Bertz CT molecular complexity index is 201. The van der Waals surface area contributed by atoms with E-state index >= 15 is 0 Å². The molecule has 0 spiro atoms. The fourth-order valence-corrected chi connectivity index (χ4v) is 1.09. The average Bonchev–Trinajstić information content (AvgIpc) is 1.99. The number of aliphatic carboxylic acids is 1. The molecular formula is C8H16BNO4Y-2. The van der Waals surface area contributed by atoms with Crippen LogP contribution < -0.4 is 5.73 Å². The van der Waals surface area contributed by atoms with Gasteiger partial charge in [0.2, 0.25) is 0 Å². The smallest absolute Gasteiger partial charge is 0.451 e. The molecule has 15 heavy (non-hydrogen) atoms. The van der Waals surface area contributed by atoms with E-state index in [9.17, 15) is 4.79 Å². The predicted octanol–water partition coefficient (Wildman–Crippen LogP) is -0.697. The van der Waals surface area contributed by atoms with Gasteiger partial charge in [0.1, 0.15) is 0 Å². The second kappa shape index (κ2) is 7.74. The fourth-order valence-electron chi connectivity index (χ4n) is 1.09. The Morgan fingerprint density at radius 3 is 2.33 bits per heavy atom. The van der Waals surface area contributed by atoms with Gasteiger partial charge in [0, 0.05) is 32.7 Å². The van der Waals surface area contributed by atoms with E-state index < -0.39 is 18.6 Å². The maximum atomic E-state index is 10.6. The van der Waals surface area contributed by atoms with Crippen LogP contribution in [0.5, 0.6) is 0 Å². The van der Waals surface area contributed by atoms with Crippen molar-refractivity contribution in [3.63, 3.8) is 0 Å². The standard InChI is InChI=1S/C8H16BNO4.Y/c1-6(3-4-9(13)14)5-8(2,10)7(11)12;/h6,13-14H,1-5,10H2,(H,11,12);/q-2;. The van der Waals surface area contributed by atoms with E-state index in [1.165, 1.54) is 0 Å². The summed E-state index contributed by atoms with van der Waals surface area (Å²) in [5.74, 6) is -1.44. The normalized spacial score (nSPS) is 16.1. The summed E-state index contributed by atoms with van der Waals surface area (Å²) in [7, 11) is -1.39. The molecule has 2 atom stereocenters. The molecule has 0 rings (SSSR count). The SMILES string of the molecule is [CH2-]C(CCB(O)O)CC([CH2-])(N)C(=O)O.[Y]. The molecule has 0 fully saturated rings. The molecule has 7 heteroatoms. The number of carboxylic acid groups (broad SMARTS) is 1. The zero-order chi connectivity index (χ0) is 11.4. The number of hydrogen-bond acceptors (Lipinski definition) is 4. The second-order valence-corrected chi connectivity index (χ2v) is 3.59. The van der Waals surface area contributed by atoms with E-state index in [2.05, 4.69) is 13.8 Å². The fraction of sp³-hybridized carbons (Fsp3) is 0.625. The number of nitrogens with two attached hydrogens (primary N) is 1. The summed E-state index contributed by atoms with van der Waals surface area (Å²) in [5, 5.41) is 25.8. The summed E-state index contributed by atoms with van der Waals surface area (Å²) in [6, 6.07) is 0. The van der Waals surface area contributed by atoms with Gasteiger partial charge in [0.15, 0.2) is 0 Å². The third-order valence-corrected chi connectivity index (χ3v) is 1.91. The molecule has 5 N–H and O–H groups in total. The summed E-state index contributed by atoms with van der Waals surface area (Å²) in [6.45, 7) is 7.02. The van der Waals surface area contributed by atoms with Crippen LogP contribution in [0.4, 0.5) is 0 Å². The summed E-state index contributed by atoms with van der Waals surface area (Å²) in [4.78, 5) is 10.6. The summed E-state index contributed by atoms with van der Waals surface area (Å²) in [6.07, 6.45) is 0.665. The topological polar surface area (TPSA) is 104 Å². The Hall–Kier alpha value is 0.519. The summed E-state index contributed by atoms with van der Waals surface area (Å²) in [5.41, 5.74) is 3.84. The van der Waals surface area contributed by atoms with Gasteiger partial charge in [-0.2, -0.15) is 5.92 Å². The second-order valence-electron chi connectivity index (χ2n) is 3.59.